The van der Waals surface area contributed by atoms with Crippen molar-refractivity contribution >= 4 is 5.91 Å². The maximum Gasteiger partial charge on any atom is 0.220 e. The Hall–Kier alpha value is -0.610. The summed E-state index contributed by atoms with van der Waals surface area (Å²) in [6.45, 7) is 3.01. The number of amides is 1. The summed E-state index contributed by atoms with van der Waals surface area (Å²) in [6, 6.07) is 0.154. The summed E-state index contributed by atoms with van der Waals surface area (Å²) >= 11 is 0. The zero-order valence-corrected chi connectivity index (χ0v) is 12.1. The average molecular weight is 268 g/mol. The van der Waals surface area contributed by atoms with Crippen molar-refractivity contribution in [2.75, 3.05) is 6.61 Å². The van der Waals surface area contributed by atoms with Crippen molar-refractivity contribution in [1.82, 2.24) is 5.32 Å². The van der Waals surface area contributed by atoms with Crippen molar-refractivity contribution in [3.05, 3.63) is 0 Å². The van der Waals surface area contributed by atoms with Crippen molar-refractivity contribution in [1.29, 1.82) is 0 Å². The fraction of sp³-hybridized carbons (Fsp3) is 0.933. The molecular formula is C15H28N2O2. The van der Waals surface area contributed by atoms with E-state index in [1.54, 1.807) is 0 Å². The Labute approximate surface area is 116 Å². The number of fused-ring (bicyclic) bond motifs is 1. The second-order valence-electron chi connectivity index (χ2n) is 5.98. The van der Waals surface area contributed by atoms with E-state index in [-0.39, 0.29) is 24.1 Å². The quantitative estimate of drug-likeness (QED) is 0.661. The zero-order valence-electron chi connectivity index (χ0n) is 12.1. The molecule has 0 aromatic heterocycles. The van der Waals surface area contributed by atoms with Crippen molar-refractivity contribution in [2.24, 2.45) is 11.7 Å². The molecule has 4 nitrogen and oxygen atoms in total. The number of ether oxygens (including phenoxy) is 1. The van der Waals surface area contributed by atoms with Gasteiger partial charge in [-0.15, -0.1) is 0 Å². The first-order valence-corrected chi connectivity index (χ1v) is 7.90. The molecule has 2 rings (SSSR count). The second kappa shape index (κ2) is 7.25. The van der Waals surface area contributed by atoms with Gasteiger partial charge in [0.15, 0.2) is 0 Å². The Morgan fingerprint density at radius 1 is 1.26 bits per heavy atom. The molecule has 1 aliphatic heterocycles. The van der Waals surface area contributed by atoms with Crippen LogP contribution in [-0.2, 0) is 9.53 Å². The molecule has 0 spiro atoms. The predicted molar refractivity (Wildman–Crippen MR) is 75.7 cm³/mol. The van der Waals surface area contributed by atoms with E-state index >= 15 is 0 Å². The van der Waals surface area contributed by atoms with Gasteiger partial charge in [0.05, 0.1) is 12.1 Å². The van der Waals surface area contributed by atoms with E-state index in [0.29, 0.717) is 12.3 Å². The minimum atomic E-state index is 0.0556. The monoisotopic (exact) mass is 268 g/mol. The summed E-state index contributed by atoms with van der Waals surface area (Å²) in [6.07, 6.45) is 9.14. The number of rotatable bonds is 8. The first kappa shape index (κ1) is 14.8. The van der Waals surface area contributed by atoms with Crippen molar-refractivity contribution in [3.63, 3.8) is 0 Å². The number of hydrogen-bond donors (Lipinski definition) is 2. The lowest BCUT2D eigenvalue weighted by atomic mass is 9.72. The van der Waals surface area contributed by atoms with Gasteiger partial charge in [0.2, 0.25) is 5.91 Å². The molecule has 0 aromatic rings. The van der Waals surface area contributed by atoms with Crippen LogP contribution in [0.15, 0.2) is 0 Å². The van der Waals surface area contributed by atoms with Gasteiger partial charge < -0.3 is 15.8 Å². The summed E-state index contributed by atoms with van der Waals surface area (Å²) in [5.74, 6) is 0.615. The lowest BCUT2D eigenvalue weighted by molar-refractivity contribution is -0.125. The molecule has 0 bridgehead atoms. The zero-order chi connectivity index (χ0) is 13.7. The first-order valence-electron chi connectivity index (χ1n) is 7.90. The maximum atomic E-state index is 11.8. The highest BCUT2D eigenvalue weighted by molar-refractivity contribution is 5.76. The summed E-state index contributed by atoms with van der Waals surface area (Å²) in [5, 5.41) is 3.05. The average Bonchev–Trinajstić information content (AvgIpc) is 2.85. The van der Waals surface area contributed by atoms with Crippen molar-refractivity contribution in [2.45, 2.75) is 76.5 Å². The van der Waals surface area contributed by atoms with E-state index in [0.717, 1.165) is 25.9 Å². The summed E-state index contributed by atoms with van der Waals surface area (Å²) in [5.41, 5.74) is 6.07. The number of nitrogens with one attached hydrogen (secondary N) is 1. The Morgan fingerprint density at radius 2 is 2.00 bits per heavy atom. The van der Waals surface area contributed by atoms with Gasteiger partial charge in [0, 0.05) is 25.0 Å². The molecule has 1 aliphatic carbocycles. The van der Waals surface area contributed by atoms with E-state index in [4.69, 9.17) is 10.5 Å². The third-order valence-electron chi connectivity index (χ3n) is 4.53. The summed E-state index contributed by atoms with van der Waals surface area (Å²) in [4.78, 5) is 11.8. The van der Waals surface area contributed by atoms with Crippen LogP contribution in [0.3, 0.4) is 0 Å². The molecule has 19 heavy (non-hydrogen) atoms. The topological polar surface area (TPSA) is 64.4 Å². The van der Waals surface area contributed by atoms with Gasteiger partial charge in [-0.25, -0.2) is 0 Å². The molecular weight excluding hydrogens is 240 g/mol. The summed E-state index contributed by atoms with van der Waals surface area (Å²) < 4.78 is 5.61. The molecule has 2 aliphatic rings. The fourth-order valence-electron chi connectivity index (χ4n) is 3.25. The van der Waals surface area contributed by atoms with Crippen LogP contribution in [-0.4, -0.2) is 30.7 Å². The molecule has 2 fully saturated rings. The van der Waals surface area contributed by atoms with E-state index in [9.17, 15) is 4.79 Å². The molecule has 3 N–H and O–H groups in total. The fourth-order valence-corrected chi connectivity index (χ4v) is 3.25. The molecule has 1 amide bonds. The van der Waals surface area contributed by atoms with Gasteiger partial charge >= 0.3 is 0 Å². The number of carbonyl (C=O) groups is 1. The third-order valence-corrected chi connectivity index (χ3v) is 4.53. The van der Waals surface area contributed by atoms with Crippen LogP contribution in [0.2, 0.25) is 0 Å². The Bertz CT molecular complexity index is 296. The van der Waals surface area contributed by atoms with Crippen LogP contribution in [0.5, 0.6) is 0 Å². The van der Waals surface area contributed by atoms with Gasteiger partial charge in [0.1, 0.15) is 0 Å². The molecule has 110 valence electrons. The number of carbonyl (C=O) groups excluding carboxylic acids is 1. The van der Waals surface area contributed by atoms with Gasteiger partial charge in [-0.05, 0) is 12.8 Å². The lowest BCUT2D eigenvalue weighted by Gasteiger charge is -2.45. The molecule has 1 saturated heterocycles. The van der Waals surface area contributed by atoms with Crippen LogP contribution in [0, 0.1) is 5.92 Å². The molecule has 4 heteroatoms. The van der Waals surface area contributed by atoms with E-state index in [1.165, 1.54) is 25.7 Å². The molecule has 1 saturated carbocycles. The molecule has 4 atom stereocenters. The Kier molecular flexibility index (Phi) is 5.64. The molecule has 0 radical (unpaired) electrons. The number of hydrogen-bond acceptors (Lipinski definition) is 3. The minimum Gasteiger partial charge on any atom is -0.376 e. The van der Waals surface area contributed by atoms with Crippen molar-refractivity contribution < 1.29 is 9.53 Å². The largest absolute Gasteiger partial charge is 0.376 e. The Morgan fingerprint density at radius 3 is 2.79 bits per heavy atom. The van der Waals surface area contributed by atoms with E-state index < -0.39 is 0 Å². The van der Waals surface area contributed by atoms with E-state index in [2.05, 4.69) is 12.2 Å². The van der Waals surface area contributed by atoms with Crippen LogP contribution >= 0.6 is 0 Å². The SMILES string of the molecule is CCCCCCCCC(=O)NC1C(N)C2CCOC21. The highest BCUT2D eigenvalue weighted by Crippen LogP contribution is 2.37. The predicted octanol–water partition coefficient (Wildman–Crippen LogP) is 1.97. The smallest absolute Gasteiger partial charge is 0.220 e. The Balaban J connectivity index is 1.55. The first-order chi connectivity index (χ1) is 9.24. The number of nitrogens with two attached hydrogens (primary N) is 1. The summed E-state index contributed by atoms with van der Waals surface area (Å²) in [7, 11) is 0. The van der Waals surface area contributed by atoms with Crippen molar-refractivity contribution in [3.8, 4) is 0 Å². The highest BCUT2D eigenvalue weighted by atomic mass is 16.5. The van der Waals surface area contributed by atoms with Gasteiger partial charge in [-0.3, -0.25) is 4.79 Å². The van der Waals surface area contributed by atoms with Crippen LogP contribution in [0.1, 0.15) is 58.3 Å². The van der Waals surface area contributed by atoms with Gasteiger partial charge in [0.25, 0.3) is 0 Å². The third kappa shape index (κ3) is 3.69. The maximum absolute atomic E-state index is 11.8. The molecule has 0 aromatic carbocycles. The minimum absolute atomic E-state index is 0.0556. The lowest BCUT2D eigenvalue weighted by Crippen LogP contribution is -2.68. The van der Waals surface area contributed by atoms with Gasteiger partial charge in [-0.2, -0.15) is 0 Å². The van der Waals surface area contributed by atoms with Crippen LogP contribution < -0.4 is 11.1 Å². The molecule has 4 unspecified atom stereocenters. The van der Waals surface area contributed by atoms with E-state index in [1.807, 2.05) is 0 Å². The van der Waals surface area contributed by atoms with Crippen LogP contribution in [0.25, 0.3) is 0 Å². The highest BCUT2D eigenvalue weighted by Gasteiger charge is 2.52. The number of unbranched alkanes of at least 4 members (excludes halogenated alkanes) is 5. The standard InChI is InChI=1S/C15H28N2O2/c1-2-3-4-5-6-7-8-12(18)17-14-13(16)11-9-10-19-15(11)14/h11,13-15H,2-10,16H2,1H3,(H,17,18). The second-order valence-corrected chi connectivity index (χ2v) is 5.98. The van der Waals surface area contributed by atoms with Gasteiger partial charge in [-0.1, -0.05) is 39.0 Å². The normalized spacial score (nSPS) is 32.7. The van der Waals surface area contributed by atoms with Crippen LogP contribution in [0.4, 0.5) is 0 Å². The molecule has 1 heterocycles.